The summed E-state index contributed by atoms with van der Waals surface area (Å²) in [5.41, 5.74) is 1.40. The first-order valence-electron chi connectivity index (χ1n) is 4.25. The monoisotopic (exact) mass is 407 g/mol. The first kappa shape index (κ1) is 12.1. The molecule has 3 nitrogen and oxygen atoms in total. The number of carbonyl (C=O) groups excluding carboxylic acids is 2. The van der Waals surface area contributed by atoms with Crippen molar-refractivity contribution in [2.75, 3.05) is 0 Å². The highest BCUT2D eigenvalue weighted by molar-refractivity contribution is 9.14. The number of carbonyl (C=O) groups is 2. The second-order valence-electron chi connectivity index (χ2n) is 3.16. The number of aromatic nitrogens is 1. The molecule has 0 radical (unpaired) electrons. The van der Waals surface area contributed by atoms with Crippen molar-refractivity contribution >= 4 is 59.4 Å². The molecule has 1 aliphatic rings. The molecule has 0 saturated carbocycles. The van der Waals surface area contributed by atoms with E-state index in [9.17, 15) is 9.59 Å². The zero-order chi connectivity index (χ0) is 11.9. The molecule has 1 aromatic rings. The van der Waals surface area contributed by atoms with E-state index < -0.39 is 0 Å². The Morgan fingerprint density at radius 2 is 1.75 bits per heavy atom. The average molecular weight is 410 g/mol. The van der Waals surface area contributed by atoms with Crippen LogP contribution in [-0.4, -0.2) is 16.6 Å². The smallest absolute Gasteiger partial charge is 0.220 e. The van der Waals surface area contributed by atoms with Gasteiger partial charge in [-0.3, -0.25) is 14.6 Å². The number of hydrogen-bond donors (Lipinski definition) is 0. The van der Waals surface area contributed by atoms with Crippen LogP contribution in [0, 0.1) is 0 Å². The van der Waals surface area contributed by atoms with Crippen molar-refractivity contribution in [2.24, 2.45) is 0 Å². The number of nitrogens with zero attached hydrogens (tertiary/aromatic N) is 1. The van der Waals surface area contributed by atoms with Crippen LogP contribution in [0.1, 0.15) is 26.4 Å². The molecule has 0 aliphatic heterocycles. The fourth-order valence-corrected chi connectivity index (χ4v) is 2.42. The summed E-state index contributed by atoms with van der Waals surface area (Å²) >= 11 is 9.45. The van der Waals surface area contributed by atoms with Gasteiger partial charge in [-0.2, -0.15) is 0 Å². The number of ketones is 2. The van der Waals surface area contributed by atoms with Gasteiger partial charge in [0.2, 0.25) is 11.6 Å². The summed E-state index contributed by atoms with van der Waals surface area (Å²) in [6.07, 6.45) is 1.58. The van der Waals surface area contributed by atoms with Crippen LogP contribution in [0.3, 0.4) is 0 Å². The third-order valence-electron chi connectivity index (χ3n) is 2.15. The fraction of sp³-hybridized carbons (Fsp3) is 0.100. The lowest BCUT2D eigenvalue weighted by molar-refractivity contribution is 0.0985. The highest BCUT2D eigenvalue weighted by Crippen LogP contribution is 2.32. The van der Waals surface area contributed by atoms with E-state index in [0.29, 0.717) is 10.9 Å². The van der Waals surface area contributed by atoms with Crippen molar-refractivity contribution in [3.8, 4) is 0 Å². The van der Waals surface area contributed by atoms with E-state index in [0.717, 1.165) is 5.56 Å². The largest absolute Gasteiger partial charge is 0.288 e. The minimum atomic E-state index is -0.275. The van der Waals surface area contributed by atoms with Crippen LogP contribution in [0.4, 0.5) is 0 Å². The van der Waals surface area contributed by atoms with Crippen LogP contribution in [0.5, 0.6) is 0 Å². The van der Waals surface area contributed by atoms with Crippen LogP contribution in [-0.2, 0) is 5.33 Å². The molecule has 16 heavy (non-hydrogen) atoms. The zero-order valence-corrected chi connectivity index (χ0v) is 12.5. The van der Waals surface area contributed by atoms with E-state index >= 15 is 0 Å². The lowest BCUT2D eigenvalue weighted by atomic mass is 9.99. The third-order valence-corrected chi connectivity index (χ3v) is 4.84. The zero-order valence-electron chi connectivity index (χ0n) is 7.76. The number of pyridine rings is 1. The summed E-state index contributed by atoms with van der Waals surface area (Å²) < 4.78 is 0.475. The number of halogens is 3. The standard InChI is InChI=1S/C10H4Br3NO2/c11-2-4-1-5-8(14-3-4)10(16)7(13)6(12)9(5)15/h1,3H,2H2. The first-order chi connectivity index (χ1) is 7.56. The number of rotatable bonds is 1. The molecule has 0 unspecified atom stereocenters. The summed E-state index contributed by atoms with van der Waals surface area (Å²) in [4.78, 5) is 27.7. The Balaban J connectivity index is 2.67. The Morgan fingerprint density at radius 1 is 1.12 bits per heavy atom. The van der Waals surface area contributed by atoms with Crippen molar-refractivity contribution in [1.29, 1.82) is 0 Å². The molecular formula is C10H4Br3NO2. The molecule has 82 valence electrons. The summed E-state index contributed by atoms with van der Waals surface area (Å²) in [5, 5.41) is 0.594. The molecule has 0 atom stereocenters. The molecule has 0 spiro atoms. The maximum atomic E-state index is 11.9. The van der Waals surface area contributed by atoms with Crippen molar-refractivity contribution in [3.63, 3.8) is 0 Å². The topological polar surface area (TPSA) is 47.0 Å². The Hall–Kier alpha value is -0.330. The molecular weight excluding hydrogens is 406 g/mol. The lowest BCUT2D eigenvalue weighted by Crippen LogP contribution is -2.19. The lowest BCUT2D eigenvalue weighted by Gasteiger charge is -2.13. The molecule has 0 amide bonds. The van der Waals surface area contributed by atoms with Gasteiger partial charge in [-0.1, -0.05) is 15.9 Å². The van der Waals surface area contributed by atoms with Crippen molar-refractivity contribution in [1.82, 2.24) is 4.98 Å². The first-order valence-corrected chi connectivity index (χ1v) is 6.96. The molecule has 1 aromatic heterocycles. The number of allylic oxidation sites excluding steroid dienone is 2. The van der Waals surface area contributed by atoms with Gasteiger partial charge in [0, 0.05) is 11.5 Å². The Bertz CT molecular complexity index is 537. The van der Waals surface area contributed by atoms with Crippen LogP contribution < -0.4 is 0 Å². The van der Waals surface area contributed by atoms with Gasteiger partial charge >= 0.3 is 0 Å². The van der Waals surface area contributed by atoms with E-state index in [4.69, 9.17) is 0 Å². The number of hydrogen-bond acceptors (Lipinski definition) is 3. The Kier molecular flexibility index (Phi) is 3.42. The van der Waals surface area contributed by atoms with E-state index in [1.54, 1.807) is 12.3 Å². The highest BCUT2D eigenvalue weighted by atomic mass is 79.9. The molecule has 2 rings (SSSR count). The molecule has 0 bridgehead atoms. The van der Waals surface area contributed by atoms with E-state index in [1.807, 2.05) is 0 Å². The maximum absolute atomic E-state index is 11.9. The van der Waals surface area contributed by atoms with Gasteiger partial charge in [-0.15, -0.1) is 0 Å². The Morgan fingerprint density at radius 3 is 2.38 bits per heavy atom. The molecule has 0 saturated heterocycles. The second kappa shape index (κ2) is 4.50. The molecule has 0 N–H and O–H groups in total. The van der Waals surface area contributed by atoms with Crippen molar-refractivity contribution in [2.45, 2.75) is 5.33 Å². The quantitative estimate of drug-likeness (QED) is 0.668. The molecule has 0 aromatic carbocycles. The summed E-state index contributed by atoms with van der Waals surface area (Å²) in [6, 6.07) is 1.68. The molecule has 0 fully saturated rings. The molecule has 1 heterocycles. The fourth-order valence-electron chi connectivity index (χ4n) is 1.36. The molecule has 6 heteroatoms. The Labute approximate surface area is 117 Å². The summed E-state index contributed by atoms with van der Waals surface area (Å²) in [6.45, 7) is 0. The van der Waals surface area contributed by atoms with E-state index in [1.165, 1.54) is 0 Å². The highest BCUT2D eigenvalue weighted by Gasteiger charge is 2.31. The minimum Gasteiger partial charge on any atom is -0.288 e. The van der Waals surface area contributed by atoms with Crippen LogP contribution in [0.15, 0.2) is 21.2 Å². The van der Waals surface area contributed by atoms with Gasteiger partial charge < -0.3 is 0 Å². The SMILES string of the molecule is O=C1C(Br)=C(Br)C(=O)c2ncc(CBr)cc21. The summed E-state index contributed by atoms with van der Waals surface area (Å²) in [5.74, 6) is -0.501. The van der Waals surface area contributed by atoms with Crippen LogP contribution in [0.2, 0.25) is 0 Å². The van der Waals surface area contributed by atoms with E-state index in [2.05, 4.69) is 52.8 Å². The van der Waals surface area contributed by atoms with Crippen molar-refractivity contribution < 1.29 is 9.59 Å². The third kappa shape index (κ3) is 1.83. The normalized spacial score (nSPS) is 15.4. The van der Waals surface area contributed by atoms with Gasteiger partial charge in [0.15, 0.2) is 0 Å². The van der Waals surface area contributed by atoms with E-state index in [-0.39, 0.29) is 26.2 Å². The summed E-state index contributed by atoms with van der Waals surface area (Å²) in [7, 11) is 0. The number of alkyl halides is 1. The van der Waals surface area contributed by atoms with Crippen LogP contribution in [0.25, 0.3) is 0 Å². The average Bonchev–Trinajstić information content (AvgIpc) is 2.33. The van der Waals surface area contributed by atoms with Gasteiger partial charge in [-0.25, -0.2) is 0 Å². The van der Waals surface area contributed by atoms with Crippen LogP contribution >= 0.6 is 47.8 Å². The predicted octanol–water partition coefficient (Wildman–Crippen LogP) is 3.36. The second-order valence-corrected chi connectivity index (χ2v) is 5.31. The van der Waals surface area contributed by atoms with Gasteiger partial charge in [0.1, 0.15) is 5.69 Å². The van der Waals surface area contributed by atoms with Crippen molar-refractivity contribution in [3.05, 3.63) is 38.0 Å². The predicted molar refractivity (Wildman–Crippen MR) is 70.4 cm³/mol. The molecule has 1 aliphatic carbocycles. The maximum Gasteiger partial charge on any atom is 0.220 e. The minimum absolute atomic E-state index is 0.199. The number of Topliss-reactive ketones (excluding diaryl/α,β-unsaturated/α-hetero) is 2. The van der Waals surface area contributed by atoms with Gasteiger partial charge in [-0.05, 0) is 43.5 Å². The number of fused-ring (bicyclic) bond motifs is 1. The van der Waals surface area contributed by atoms with Gasteiger partial charge in [0.05, 0.1) is 14.5 Å². The van der Waals surface area contributed by atoms with Gasteiger partial charge in [0.25, 0.3) is 0 Å².